The number of amides is 1. The van der Waals surface area contributed by atoms with Gasteiger partial charge in [0.15, 0.2) is 5.65 Å². The van der Waals surface area contributed by atoms with E-state index >= 15 is 0 Å². The summed E-state index contributed by atoms with van der Waals surface area (Å²) in [7, 11) is 0. The van der Waals surface area contributed by atoms with Crippen LogP contribution in [0.4, 0.5) is 10.2 Å². The molecule has 0 N–H and O–H groups in total. The molecule has 10 heteroatoms. The molecule has 4 aromatic rings. The Bertz CT molecular complexity index is 1680. The molecular weight excluding hydrogens is 545 g/mol. The summed E-state index contributed by atoms with van der Waals surface area (Å²) in [5.74, 6) is 0.0867. The maximum atomic E-state index is 13.9. The number of pyridine rings is 1. The molecule has 0 spiro atoms. The molecular formula is C31H31ClFN5O3. The molecule has 2 aromatic heterocycles. The van der Waals surface area contributed by atoms with Gasteiger partial charge >= 0.3 is 5.69 Å². The first kappa shape index (κ1) is 28.3. The SMILES string of the molecule is C=CC(=O)N1CCN(c2nc(=O)n(-c3c(CC)cccc3CC)c3nc(Oc4cccc(F)c4)c(Cl)cc23)[C@@H](C)C1. The lowest BCUT2D eigenvalue weighted by molar-refractivity contribution is -0.126. The van der Waals surface area contributed by atoms with Crippen molar-refractivity contribution in [2.45, 2.75) is 39.7 Å². The zero-order valence-corrected chi connectivity index (χ0v) is 24.0. The van der Waals surface area contributed by atoms with E-state index in [1.165, 1.54) is 28.8 Å². The molecule has 2 aromatic carbocycles. The van der Waals surface area contributed by atoms with E-state index in [1.54, 1.807) is 17.0 Å². The molecule has 3 heterocycles. The van der Waals surface area contributed by atoms with Gasteiger partial charge in [0.05, 0.1) is 11.1 Å². The lowest BCUT2D eigenvalue weighted by Crippen LogP contribution is -2.54. The van der Waals surface area contributed by atoms with Crippen LogP contribution in [0.2, 0.25) is 5.02 Å². The average Bonchev–Trinajstić information content (AvgIpc) is 2.97. The smallest absolute Gasteiger partial charge is 0.355 e. The van der Waals surface area contributed by atoms with Gasteiger partial charge in [-0.15, -0.1) is 0 Å². The Morgan fingerprint density at radius 3 is 2.46 bits per heavy atom. The van der Waals surface area contributed by atoms with Crippen LogP contribution < -0.4 is 15.3 Å². The maximum Gasteiger partial charge on any atom is 0.355 e. The van der Waals surface area contributed by atoms with Gasteiger partial charge in [0.25, 0.3) is 0 Å². The minimum Gasteiger partial charge on any atom is -0.437 e. The van der Waals surface area contributed by atoms with Crippen LogP contribution in [-0.4, -0.2) is 51.0 Å². The van der Waals surface area contributed by atoms with Crippen molar-refractivity contribution >= 4 is 34.4 Å². The summed E-state index contributed by atoms with van der Waals surface area (Å²) in [6.45, 7) is 11.0. The topological polar surface area (TPSA) is 80.6 Å². The Labute approximate surface area is 242 Å². The lowest BCUT2D eigenvalue weighted by Gasteiger charge is -2.40. The van der Waals surface area contributed by atoms with Gasteiger partial charge in [0, 0.05) is 31.7 Å². The molecule has 0 unspecified atom stereocenters. The van der Waals surface area contributed by atoms with Gasteiger partial charge < -0.3 is 14.5 Å². The van der Waals surface area contributed by atoms with E-state index in [9.17, 15) is 14.0 Å². The Morgan fingerprint density at radius 1 is 1.12 bits per heavy atom. The number of carbonyl (C=O) groups excluding carboxylic acids is 1. The quantitative estimate of drug-likeness (QED) is 0.263. The van der Waals surface area contributed by atoms with Crippen LogP contribution in [0.15, 0.2) is 66.0 Å². The Morgan fingerprint density at radius 2 is 1.83 bits per heavy atom. The number of piperazine rings is 1. The number of carbonyl (C=O) groups is 1. The fourth-order valence-electron chi connectivity index (χ4n) is 5.33. The van der Waals surface area contributed by atoms with Gasteiger partial charge in [-0.1, -0.05) is 56.3 Å². The summed E-state index contributed by atoms with van der Waals surface area (Å²) in [6.07, 6.45) is 2.68. The maximum absolute atomic E-state index is 13.9. The number of aromatic nitrogens is 3. The van der Waals surface area contributed by atoms with Crippen molar-refractivity contribution in [1.29, 1.82) is 0 Å². The first-order chi connectivity index (χ1) is 19.7. The van der Waals surface area contributed by atoms with Crippen molar-refractivity contribution in [1.82, 2.24) is 19.4 Å². The van der Waals surface area contributed by atoms with E-state index in [1.807, 2.05) is 43.9 Å². The number of halogens is 2. The molecule has 1 aliphatic rings. The molecule has 0 bridgehead atoms. The van der Waals surface area contributed by atoms with E-state index in [4.69, 9.17) is 21.3 Å². The van der Waals surface area contributed by atoms with Gasteiger partial charge in [0.2, 0.25) is 11.8 Å². The van der Waals surface area contributed by atoms with Crippen molar-refractivity contribution in [2.75, 3.05) is 24.5 Å². The molecule has 1 aliphatic heterocycles. The molecule has 0 radical (unpaired) electrons. The number of para-hydroxylation sites is 1. The van der Waals surface area contributed by atoms with Gasteiger partial charge in [-0.25, -0.2) is 13.8 Å². The number of nitrogens with zero attached hydrogens (tertiary/aromatic N) is 5. The monoisotopic (exact) mass is 575 g/mol. The molecule has 1 saturated heterocycles. The normalized spacial score (nSPS) is 15.3. The van der Waals surface area contributed by atoms with E-state index in [0.29, 0.717) is 49.3 Å². The zero-order chi connectivity index (χ0) is 29.3. The number of fused-ring (bicyclic) bond motifs is 1. The Balaban J connectivity index is 1.75. The second-order valence-corrected chi connectivity index (χ2v) is 10.3. The zero-order valence-electron chi connectivity index (χ0n) is 23.2. The number of hydrogen-bond acceptors (Lipinski definition) is 6. The molecule has 1 fully saturated rings. The van der Waals surface area contributed by atoms with Crippen LogP contribution in [0.1, 0.15) is 31.9 Å². The molecule has 0 saturated carbocycles. The largest absolute Gasteiger partial charge is 0.437 e. The van der Waals surface area contributed by atoms with E-state index < -0.39 is 11.5 Å². The summed E-state index contributed by atoms with van der Waals surface area (Å²) in [6, 6.07) is 13.2. The molecule has 41 heavy (non-hydrogen) atoms. The highest BCUT2D eigenvalue weighted by Gasteiger charge is 2.30. The van der Waals surface area contributed by atoms with Crippen molar-refractivity contribution < 1.29 is 13.9 Å². The van der Waals surface area contributed by atoms with Gasteiger partial charge in [-0.3, -0.25) is 4.79 Å². The number of hydrogen-bond donors (Lipinski definition) is 0. The minimum absolute atomic E-state index is 0.0385. The number of ether oxygens (including phenoxy) is 1. The molecule has 1 atom stereocenters. The summed E-state index contributed by atoms with van der Waals surface area (Å²) in [5.41, 5.74) is 2.50. The van der Waals surface area contributed by atoms with Crippen molar-refractivity contribution in [3.63, 3.8) is 0 Å². The van der Waals surface area contributed by atoms with Gasteiger partial charge in [-0.05, 0) is 55.2 Å². The molecule has 5 rings (SSSR count). The predicted octanol–water partition coefficient (Wildman–Crippen LogP) is 5.71. The van der Waals surface area contributed by atoms with Crippen LogP contribution in [0.5, 0.6) is 11.6 Å². The second-order valence-electron chi connectivity index (χ2n) is 9.92. The highest BCUT2D eigenvalue weighted by molar-refractivity contribution is 6.32. The van der Waals surface area contributed by atoms with Crippen molar-refractivity contribution in [2.24, 2.45) is 0 Å². The second kappa shape index (κ2) is 11.7. The highest BCUT2D eigenvalue weighted by atomic mass is 35.5. The van der Waals surface area contributed by atoms with Crippen LogP contribution in [-0.2, 0) is 17.6 Å². The minimum atomic E-state index is -0.494. The molecule has 0 aliphatic carbocycles. The summed E-state index contributed by atoms with van der Waals surface area (Å²) >= 11 is 6.70. The van der Waals surface area contributed by atoms with Gasteiger partial charge in [-0.2, -0.15) is 9.97 Å². The summed E-state index contributed by atoms with van der Waals surface area (Å²) in [5, 5.41) is 0.743. The third kappa shape index (κ3) is 5.41. The van der Waals surface area contributed by atoms with E-state index in [0.717, 1.165) is 16.8 Å². The molecule has 212 valence electrons. The van der Waals surface area contributed by atoms with Crippen molar-refractivity contribution in [3.05, 3.63) is 93.6 Å². The highest BCUT2D eigenvalue weighted by Crippen LogP contribution is 2.36. The number of anilines is 1. The van der Waals surface area contributed by atoms with Crippen LogP contribution >= 0.6 is 11.6 Å². The third-order valence-electron chi connectivity index (χ3n) is 7.35. The van der Waals surface area contributed by atoms with Crippen LogP contribution in [0.25, 0.3) is 16.7 Å². The van der Waals surface area contributed by atoms with Gasteiger partial charge in [0.1, 0.15) is 22.4 Å². The summed E-state index contributed by atoms with van der Waals surface area (Å²) < 4.78 is 21.3. The van der Waals surface area contributed by atoms with E-state index in [-0.39, 0.29) is 28.6 Å². The third-order valence-corrected chi connectivity index (χ3v) is 7.63. The number of benzene rings is 2. The van der Waals surface area contributed by atoms with Crippen LogP contribution in [0, 0.1) is 5.82 Å². The number of aryl methyl sites for hydroxylation is 2. The van der Waals surface area contributed by atoms with Crippen LogP contribution in [0.3, 0.4) is 0 Å². The first-order valence-corrected chi connectivity index (χ1v) is 14.0. The average molecular weight is 576 g/mol. The fourth-order valence-corrected chi connectivity index (χ4v) is 5.52. The Hall–Kier alpha value is -4.24. The fraction of sp³-hybridized carbons (Fsp3) is 0.290. The standard InChI is InChI=1S/C31H31ClFN5O3/c1-5-20-10-8-11-21(6-2)27(20)38-29-24(17-25(32)30(34-29)41-23-13-9-12-22(33)16-23)28(35-31(38)40)37-15-14-36(18-19(37)4)26(39)7-3/h7-13,16-17,19H,3,5-6,14-15,18H2,1-2,4H3/t19-/m0/s1. The van der Waals surface area contributed by atoms with Crippen molar-refractivity contribution in [3.8, 4) is 17.3 Å². The molecule has 8 nitrogen and oxygen atoms in total. The summed E-state index contributed by atoms with van der Waals surface area (Å²) in [4.78, 5) is 39.3. The Kier molecular flexibility index (Phi) is 8.08. The van der Waals surface area contributed by atoms with E-state index in [2.05, 4.69) is 11.6 Å². The number of rotatable bonds is 7. The first-order valence-electron chi connectivity index (χ1n) is 13.6. The lowest BCUT2D eigenvalue weighted by atomic mass is 10.0. The predicted molar refractivity (Wildman–Crippen MR) is 159 cm³/mol. The molecule has 1 amide bonds.